The summed E-state index contributed by atoms with van der Waals surface area (Å²) < 4.78 is 0. The number of hydrogen-bond acceptors (Lipinski definition) is 3. The van der Waals surface area contributed by atoms with E-state index in [-0.39, 0.29) is 5.91 Å². The van der Waals surface area contributed by atoms with Gasteiger partial charge in [-0.1, -0.05) is 18.2 Å². The Labute approximate surface area is 169 Å². The molecule has 1 aliphatic rings. The Bertz CT molecular complexity index is 1220. The highest BCUT2D eigenvalue weighted by Gasteiger charge is 2.26. The van der Waals surface area contributed by atoms with Crippen molar-refractivity contribution in [1.82, 2.24) is 19.9 Å². The molecule has 0 bridgehead atoms. The minimum atomic E-state index is 0.0873. The van der Waals surface area contributed by atoms with Crippen LogP contribution in [0, 0.1) is 13.8 Å². The van der Waals surface area contributed by atoms with Crippen LogP contribution in [0.4, 0.5) is 0 Å². The van der Waals surface area contributed by atoms with Gasteiger partial charge in [-0.15, -0.1) is 0 Å². The van der Waals surface area contributed by atoms with Crippen molar-refractivity contribution >= 4 is 27.8 Å². The molecule has 5 nitrogen and oxygen atoms in total. The zero-order chi connectivity index (χ0) is 20.0. The van der Waals surface area contributed by atoms with E-state index in [9.17, 15) is 4.79 Å². The molecular formula is C24H24N4O. The Balaban J connectivity index is 1.33. The zero-order valence-corrected chi connectivity index (χ0v) is 16.8. The number of benzene rings is 2. The van der Waals surface area contributed by atoms with Gasteiger partial charge in [0.05, 0.1) is 22.4 Å². The van der Waals surface area contributed by atoms with E-state index in [1.807, 2.05) is 36.9 Å². The number of nitrogens with zero attached hydrogens (tertiary/aromatic N) is 3. The van der Waals surface area contributed by atoms with Crippen molar-refractivity contribution in [2.75, 3.05) is 13.1 Å². The predicted molar refractivity (Wildman–Crippen MR) is 115 cm³/mol. The molecule has 29 heavy (non-hydrogen) atoms. The number of rotatable bonds is 2. The molecular weight excluding hydrogens is 360 g/mol. The number of para-hydroxylation sites is 1. The topological polar surface area (TPSA) is 61.9 Å². The molecule has 2 aromatic heterocycles. The Morgan fingerprint density at radius 1 is 1.00 bits per heavy atom. The second-order valence-corrected chi connectivity index (χ2v) is 7.95. The molecule has 0 aliphatic carbocycles. The van der Waals surface area contributed by atoms with Crippen LogP contribution in [0.2, 0.25) is 0 Å². The lowest BCUT2D eigenvalue weighted by Crippen LogP contribution is -2.37. The van der Waals surface area contributed by atoms with Crippen LogP contribution in [-0.2, 0) is 0 Å². The highest BCUT2D eigenvalue weighted by atomic mass is 16.2. The summed E-state index contributed by atoms with van der Waals surface area (Å²) in [5, 5.41) is 1.30. The molecule has 1 aliphatic heterocycles. The van der Waals surface area contributed by atoms with E-state index in [0.29, 0.717) is 11.5 Å². The maximum absolute atomic E-state index is 13.1. The Hall–Kier alpha value is -3.21. The van der Waals surface area contributed by atoms with E-state index in [1.54, 1.807) is 0 Å². The molecule has 1 N–H and O–H groups in total. The normalized spacial score (nSPS) is 15.3. The van der Waals surface area contributed by atoms with Gasteiger partial charge in [-0.2, -0.15) is 0 Å². The molecule has 5 rings (SSSR count). The second kappa shape index (κ2) is 6.99. The predicted octanol–water partition coefficient (Wildman–Crippen LogP) is 4.75. The number of amides is 1. The summed E-state index contributed by atoms with van der Waals surface area (Å²) >= 11 is 0. The molecule has 1 saturated heterocycles. The number of aromatic nitrogens is 3. The van der Waals surface area contributed by atoms with Gasteiger partial charge in [-0.25, -0.2) is 9.97 Å². The Kier molecular flexibility index (Phi) is 4.31. The van der Waals surface area contributed by atoms with Crippen LogP contribution in [0.15, 0.2) is 48.7 Å². The number of hydrogen-bond donors (Lipinski definition) is 1. The van der Waals surface area contributed by atoms with Crippen LogP contribution in [0.25, 0.3) is 21.9 Å². The molecule has 0 unspecified atom stereocenters. The van der Waals surface area contributed by atoms with Crippen molar-refractivity contribution < 1.29 is 4.79 Å². The lowest BCUT2D eigenvalue weighted by molar-refractivity contribution is 0.0713. The van der Waals surface area contributed by atoms with Crippen molar-refractivity contribution in [3.05, 3.63) is 71.2 Å². The summed E-state index contributed by atoms with van der Waals surface area (Å²) in [6, 6.07) is 14.1. The summed E-state index contributed by atoms with van der Waals surface area (Å²) in [5.41, 5.74) is 6.71. The first-order valence-corrected chi connectivity index (χ1v) is 10.2. The van der Waals surface area contributed by atoms with Gasteiger partial charge in [-0.3, -0.25) is 4.79 Å². The third kappa shape index (κ3) is 3.16. The van der Waals surface area contributed by atoms with E-state index in [2.05, 4.69) is 45.4 Å². The zero-order valence-electron chi connectivity index (χ0n) is 16.8. The molecule has 0 saturated carbocycles. The summed E-state index contributed by atoms with van der Waals surface area (Å²) in [4.78, 5) is 27.6. The molecule has 1 fully saturated rings. The van der Waals surface area contributed by atoms with Crippen LogP contribution < -0.4 is 0 Å². The Morgan fingerprint density at radius 3 is 2.52 bits per heavy atom. The Morgan fingerprint density at radius 2 is 1.72 bits per heavy atom. The standard InChI is InChI=1S/C24H24N4O/c1-15-16(2)27-23-13-18(7-8-22(23)26-15)24(29)28-11-9-17(10-12-28)20-14-25-21-6-4-3-5-19(20)21/h3-8,13-14,17,25H,9-12H2,1-2H3. The number of likely N-dealkylation sites (tertiary alicyclic amines) is 1. The fraction of sp³-hybridized carbons (Fsp3) is 0.292. The van der Waals surface area contributed by atoms with Crippen LogP contribution in [0.1, 0.15) is 46.1 Å². The second-order valence-electron chi connectivity index (χ2n) is 7.95. The molecule has 1 amide bonds. The lowest BCUT2D eigenvalue weighted by Gasteiger charge is -2.32. The molecule has 3 heterocycles. The number of nitrogens with one attached hydrogen (secondary N) is 1. The maximum Gasteiger partial charge on any atom is 0.253 e. The van der Waals surface area contributed by atoms with Gasteiger partial charge in [0.15, 0.2) is 0 Å². The van der Waals surface area contributed by atoms with Crippen molar-refractivity contribution in [3.8, 4) is 0 Å². The average molecular weight is 384 g/mol. The molecule has 4 aromatic rings. The van der Waals surface area contributed by atoms with Crippen LogP contribution >= 0.6 is 0 Å². The molecule has 146 valence electrons. The number of carbonyl (C=O) groups is 1. The summed E-state index contributed by atoms with van der Waals surface area (Å²) in [7, 11) is 0. The van der Waals surface area contributed by atoms with Crippen LogP contribution in [0.5, 0.6) is 0 Å². The highest BCUT2D eigenvalue weighted by molar-refractivity contribution is 5.97. The summed E-state index contributed by atoms with van der Waals surface area (Å²) in [6.45, 7) is 5.46. The van der Waals surface area contributed by atoms with Gasteiger partial charge in [0.1, 0.15) is 0 Å². The smallest absolute Gasteiger partial charge is 0.253 e. The van der Waals surface area contributed by atoms with E-state index < -0.39 is 0 Å². The van der Waals surface area contributed by atoms with Crippen molar-refractivity contribution in [1.29, 1.82) is 0 Å². The van der Waals surface area contributed by atoms with Gasteiger partial charge in [-0.05, 0) is 62.4 Å². The van der Waals surface area contributed by atoms with Gasteiger partial charge >= 0.3 is 0 Å². The molecule has 0 radical (unpaired) electrons. The monoisotopic (exact) mass is 384 g/mol. The number of aryl methyl sites for hydroxylation is 2. The molecule has 5 heteroatoms. The first-order valence-electron chi connectivity index (χ1n) is 10.2. The van der Waals surface area contributed by atoms with E-state index in [0.717, 1.165) is 48.4 Å². The quantitative estimate of drug-likeness (QED) is 0.543. The molecule has 0 atom stereocenters. The SMILES string of the molecule is Cc1nc2ccc(C(=O)N3CCC(c4c[nH]c5ccccc45)CC3)cc2nc1C. The third-order valence-corrected chi connectivity index (χ3v) is 6.17. The third-order valence-electron chi connectivity index (χ3n) is 6.17. The molecule has 2 aromatic carbocycles. The van der Waals surface area contributed by atoms with E-state index in [1.165, 1.54) is 16.5 Å². The fourth-order valence-electron chi connectivity index (χ4n) is 4.37. The first-order chi connectivity index (χ1) is 14.1. The van der Waals surface area contributed by atoms with Crippen molar-refractivity contribution in [2.45, 2.75) is 32.6 Å². The molecule has 0 spiro atoms. The first kappa shape index (κ1) is 17.9. The summed E-state index contributed by atoms with van der Waals surface area (Å²) in [5.74, 6) is 0.576. The van der Waals surface area contributed by atoms with Gasteiger partial charge in [0.25, 0.3) is 5.91 Å². The van der Waals surface area contributed by atoms with Crippen molar-refractivity contribution in [3.63, 3.8) is 0 Å². The van der Waals surface area contributed by atoms with E-state index in [4.69, 9.17) is 0 Å². The van der Waals surface area contributed by atoms with Gasteiger partial charge < -0.3 is 9.88 Å². The number of piperidine rings is 1. The minimum absolute atomic E-state index is 0.0873. The highest BCUT2D eigenvalue weighted by Crippen LogP contribution is 2.33. The van der Waals surface area contributed by atoms with Crippen LogP contribution in [-0.4, -0.2) is 38.8 Å². The fourth-order valence-corrected chi connectivity index (χ4v) is 4.37. The largest absolute Gasteiger partial charge is 0.361 e. The lowest BCUT2D eigenvalue weighted by atomic mass is 9.89. The number of aromatic amines is 1. The van der Waals surface area contributed by atoms with Gasteiger partial charge in [0, 0.05) is 35.8 Å². The minimum Gasteiger partial charge on any atom is -0.361 e. The maximum atomic E-state index is 13.1. The average Bonchev–Trinajstić information content (AvgIpc) is 3.18. The number of H-pyrrole nitrogens is 1. The number of fused-ring (bicyclic) bond motifs is 2. The van der Waals surface area contributed by atoms with E-state index >= 15 is 0 Å². The van der Waals surface area contributed by atoms with Gasteiger partial charge in [0.2, 0.25) is 0 Å². The summed E-state index contributed by atoms with van der Waals surface area (Å²) in [6.07, 6.45) is 4.11. The van der Waals surface area contributed by atoms with Crippen molar-refractivity contribution in [2.24, 2.45) is 0 Å². The van der Waals surface area contributed by atoms with Crippen LogP contribution in [0.3, 0.4) is 0 Å². The number of carbonyl (C=O) groups excluding carboxylic acids is 1.